The van der Waals surface area contributed by atoms with E-state index in [0.717, 1.165) is 41.5 Å². The predicted octanol–water partition coefficient (Wildman–Crippen LogP) is 1.50. The summed E-state index contributed by atoms with van der Waals surface area (Å²) in [4.78, 5) is 13.9. The van der Waals surface area contributed by atoms with Gasteiger partial charge < -0.3 is 4.74 Å². The number of nitrogens with zero attached hydrogens (tertiary/aromatic N) is 2. The Kier molecular flexibility index (Phi) is 6.07. The normalized spacial score (nSPS) is 16.1. The number of nitrogens with one attached hydrogen (secondary N) is 1. The smallest absolute Gasteiger partial charge is 0.254 e. The number of thioether (sulfide) groups is 1. The highest BCUT2D eigenvalue weighted by molar-refractivity contribution is 7.99. The van der Waals surface area contributed by atoms with E-state index in [1.54, 1.807) is 13.3 Å². The lowest BCUT2D eigenvalue weighted by Gasteiger charge is -2.24. The van der Waals surface area contributed by atoms with Crippen molar-refractivity contribution < 1.29 is 9.53 Å². The van der Waals surface area contributed by atoms with E-state index in [-0.39, 0.29) is 5.91 Å². The molecule has 5 nitrogen and oxygen atoms in total. The number of amides is 1. The molecule has 2 rings (SSSR count). The van der Waals surface area contributed by atoms with Crippen LogP contribution in [0.25, 0.3) is 0 Å². The Morgan fingerprint density at radius 3 is 2.90 bits per heavy atom. The summed E-state index contributed by atoms with van der Waals surface area (Å²) in [6, 6.07) is 5.77. The van der Waals surface area contributed by atoms with Gasteiger partial charge in [0, 0.05) is 24.6 Å². The maximum Gasteiger partial charge on any atom is 0.254 e. The number of carbonyl (C=O) groups is 1. The van der Waals surface area contributed by atoms with Crippen LogP contribution < -0.4 is 10.2 Å². The molecule has 6 heteroatoms. The fraction of sp³-hybridized carbons (Fsp3) is 0.467. The summed E-state index contributed by atoms with van der Waals surface area (Å²) in [5, 5.41) is 4.01. The molecule has 0 aromatic heterocycles. The third-order valence-electron chi connectivity index (χ3n) is 3.29. The van der Waals surface area contributed by atoms with Gasteiger partial charge >= 0.3 is 0 Å². The van der Waals surface area contributed by atoms with Crippen LogP contribution in [0.15, 0.2) is 23.3 Å². The van der Waals surface area contributed by atoms with Gasteiger partial charge in [-0.25, -0.2) is 5.43 Å². The van der Waals surface area contributed by atoms with Crippen LogP contribution in [0.4, 0.5) is 0 Å². The number of methoxy groups -OCH3 is 1. The molecule has 114 valence electrons. The first-order valence-corrected chi connectivity index (χ1v) is 8.11. The summed E-state index contributed by atoms with van der Waals surface area (Å²) in [5.41, 5.74) is 4.55. The van der Waals surface area contributed by atoms with E-state index in [4.69, 9.17) is 4.74 Å². The molecule has 1 aromatic rings. The average Bonchev–Trinajstić information content (AvgIpc) is 2.48. The minimum atomic E-state index is -0.0663. The van der Waals surface area contributed by atoms with Crippen LogP contribution >= 0.6 is 11.8 Å². The fourth-order valence-corrected chi connectivity index (χ4v) is 3.14. The Labute approximate surface area is 129 Å². The average molecular weight is 307 g/mol. The topological polar surface area (TPSA) is 53.9 Å². The maximum absolute atomic E-state index is 11.8. The van der Waals surface area contributed by atoms with Crippen LogP contribution in [0.3, 0.4) is 0 Å². The SMILES string of the molecule is COc1ccc(C=NNC(=O)CN2CCSCC2)cc1C. The van der Waals surface area contributed by atoms with Crippen molar-refractivity contribution in [2.75, 3.05) is 38.2 Å². The van der Waals surface area contributed by atoms with E-state index in [2.05, 4.69) is 15.4 Å². The van der Waals surface area contributed by atoms with E-state index in [1.807, 2.05) is 36.9 Å². The predicted molar refractivity (Wildman–Crippen MR) is 87.2 cm³/mol. The molecule has 1 N–H and O–H groups in total. The minimum Gasteiger partial charge on any atom is -0.496 e. The monoisotopic (exact) mass is 307 g/mol. The summed E-state index contributed by atoms with van der Waals surface area (Å²) < 4.78 is 5.21. The van der Waals surface area contributed by atoms with Gasteiger partial charge in [0.15, 0.2) is 0 Å². The van der Waals surface area contributed by atoms with Crippen molar-refractivity contribution in [2.24, 2.45) is 5.10 Å². The number of aryl methyl sites for hydroxylation is 1. The van der Waals surface area contributed by atoms with Gasteiger partial charge in [0.05, 0.1) is 19.9 Å². The quantitative estimate of drug-likeness (QED) is 0.662. The lowest BCUT2D eigenvalue weighted by Crippen LogP contribution is -2.40. The lowest BCUT2D eigenvalue weighted by atomic mass is 10.1. The molecule has 0 atom stereocenters. The summed E-state index contributed by atoms with van der Waals surface area (Å²) in [6.07, 6.45) is 1.65. The van der Waals surface area contributed by atoms with Crippen molar-refractivity contribution in [2.45, 2.75) is 6.92 Å². The molecule has 0 saturated carbocycles. The molecule has 0 unspecified atom stereocenters. The van der Waals surface area contributed by atoms with Gasteiger partial charge in [-0.05, 0) is 36.2 Å². The van der Waals surface area contributed by atoms with E-state index < -0.39 is 0 Å². The molecule has 0 spiro atoms. The molecular formula is C15H21N3O2S. The van der Waals surface area contributed by atoms with Gasteiger partial charge in [-0.15, -0.1) is 0 Å². The number of hydrogen-bond acceptors (Lipinski definition) is 5. The van der Waals surface area contributed by atoms with Crippen molar-refractivity contribution in [1.29, 1.82) is 0 Å². The molecule has 0 radical (unpaired) electrons. The fourth-order valence-electron chi connectivity index (χ4n) is 2.16. The molecule has 1 aromatic carbocycles. The zero-order chi connectivity index (χ0) is 15.1. The van der Waals surface area contributed by atoms with Crippen LogP contribution in [0, 0.1) is 6.92 Å². The molecular weight excluding hydrogens is 286 g/mol. The molecule has 1 heterocycles. The van der Waals surface area contributed by atoms with Gasteiger partial charge in [-0.2, -0.15) is 16.9 Å². The molecule has 1 saturated heterocycles. The van der Waals surface area contributed by atoms with Gasteiger partial charge in [0.2, 0.25) is 0 Å². The summed E-state index contributed by atoms with van der Waals surface area (Å²) >= 11 is 1.93. The summed E-state index contributed by atoms with van der Waals surface area (Å²) in [6.45, 7) is 4.33. The second-order valence-electron chi connectivity index (χ2n) is 4.91. The Balaban J connectivity index is 1.81. The standard InChI is InChI=1S/C15H21N3O2S/c1-12-9-13(3-4-14(12)20-2)10-16-17-15(19)11-18-5-7-21-8-6-18/h3-4,9-10H,5-8,11H2,1-2H3,(H,17,19). The van der Waals surface area contributed by atoms with E-state index in [0.29, 0.717) is 6.54 Å². The summed E-state index contributed by atoms with van der Waals surface area (Å²) in [7, 11) is 1.65. The number of ether oxygens (including phenoxy) is 1. The van der Waals surface area contributed by atoms with Crippen LogP contribution in [0.1, 0.15) is 11.1 Å². The highest BCUT2D eigenvalue weighted by Gasteiger charge is 2.13. The highest BCUT2D eigenvalue weighted by Crippen LogP contribution is 2.17. The van der Waals surface area contributed by atoms with Crippen LogP contribution in [-0.2, 0) is 4.79 Å². The molecule has 1 aliphatic rings. The third kappa shape index (κ3) is 5.06. The van der Waals surface area contributed by atoms with Gasteiger partial charge in [0.25, 0.3) is 5.91 Å². The van der Waals surface area contributed by atoms with Crippen molar-refractivity contribution in [3.8, 4) is 5.75 Å². The van der Waals surface area contributed by atoms with Gasteiger partial charge in [-0.1, -0.05) is 0 Å². The number of hydrazone groups is 1. The molecule has 1 amide bonds. The third-order valence-corrected chi connectivity index (χ3v) is 4.24. The largest absolute Gasteiger partial charge is 0.496 e. The Morgan fingerprint density at radius 1 is 1.48 bits per heavy atom. The van der Waals surface area contributed by atoms with Gasteiger partial charge in [0.1, 0.15) is 5.75 Å². The number of carbonyl (C=O) groups excluding carboxylic acids is 1. The second kappa shape index (κ2) is 8.05. The number of hydrogen-bond donors (Lipinski definition) is 1. The number of benzene rings is 1. The zero-order valence-electron chi connectivity index (χ0n) is 12.5. The Bertz CT molecular complexity index is 514. The second-order valence-corrected chi connectivity index (χ2v) is 6.14. The number of rotatable bonds is 5. The minimum absolute atomic E-state index is 0.0663. The lowest BCUT2D eigenvalue weighted by molar-refractivity contribution is -0.122. The van der Waals surface area contributed by atoms with Crippen LogP contribution in [0.2, 0.25) is 0 Å². The van der Waals surface area contributed by atoms with E-state index in [9.17, 15) is 4.79 Å². The van der Waals surface area contributed by atoms with Crippen molar-refractivity contribution in [3.05, 3.63) is 29.3 Å². The molecule has 0 bridgehead atoms. The van der Waals surface area contributed by atoms with Crippen molar-refractivity contribution >= 4 is 23.9 Å². The van der Waals surface area contributed by atoms with Crippen LogP contribution in [-0.4, -0.2) is 55.3 Å². The Morgan fingerprint density at radius 2 is 2.24 bits per heavy atom. The van der Waals surface area contributed by atoms with Crippen molar-refractivity contribution in [3.63, 3.8) is 0 Å². The molecule has 1 aliphatic heterocycles. The zero-order valence-corrected chi connectivity index (χ0v) is 13.3. The van der Waals surface area contributed by atoms with E-state index in [1.165, 1.54) is 0 Å². The Hall–Kier alpha value is -1.53. The first-order chi connectivity index (χ1) is 10.2. The molecule has 21 heavy (non-hydrogen) atoms. The van der Waals surface area contributed by atoms with E-state index >= 15 is 0 Å². The van der Waals surface area contributed by atoms with Gasteiger partial charge in [-0.3, -0.25) is 9.69 Å². The van der Waals surface area contributed by atoms with Crippen molar-refractivity contribution in [1.82, 2.24) is 10.3 Å². The van der Waals surface area contributed by atoms with Crippen LogP contribution in [0.5, 0.6) is 5.75 Å². The first-order valence-electron chi connectivity index (χ1n) is 6.95. The molecule has 1 fully saturated rings. The highest BCUT2D eigenvalue weighted by atomic mass is 32.2. The maximum atomic E-state index is 11.8. The molecule has 0 aliphatic carbocycles. The first kappa shape index (κ1) is 15.9. The summed E-state index contributed by atoms with van der Waals surface area (Å²) in [5.74, 6) is 2.98.